The molecule has 1 atom stereocenters. The van der Waals surface area contributed by atoms with Crippen molar-refractivity contribution in [2.24, 2.45) is 0 Å². The number of ether oxygens (including phenoxy) is 1. The molecule has 1 unspecified atom stereocenters. The molecular formula is C17H22NO2+. The molecule has 0 spiro atoms. The second kappa shape index (κ2) is 4.81. The van der Waals surface area contributed by atoms with Crippen LogP contribution in [-0.4, -0.2) is 35.3 Å². The van der Waals surface area contributed by atoms with Crippen molar-refractivity contribution in [3.8, 4) is 0 Å². The zero-order valence-corrected chi connectivity index (χ0v) is 12.5. The molecule has 106 valence electrons. The topological polar surface area (TPSA) is 32.6 Å². The molecule has 0 aromatic heterocycles. The number of carbonyl (C=O) groups is 1. The van der Waals surface area contributed by atoms with Crippen molar-refractivity contribution in [3.05, 3.63) is 29.8 Å². The molecule has 2 aliphatic heterocycles. The monoisotopic (exact) mass is 272 g/mol. The second-order valence-electron chi connectivity index (χ2n) is 6.27. The number of Topliss-reactive ketones (excluding diaryl/α,β-unsaturated/α-hetero) is 1. The third-order valence-electron chi connectivity index (χ3n) is 4.67. The molecule has 3 nitrogen and oxygen atoms in total. The fourth-order valence-corrected chi connectivity index (χ4v) is 3.05. The lowest BCUT2D eigenvalue weighted by Gasteiger charge is -2.14. The summed E-state index contributed by atoms with van der Waals surface area (Å²) in [7, 11) is 0. The molecule has 1 fully saturated rings. The smallest absolute Gasteiger partial charge is 0.209 e. The van der Waals surface area contributed by atoms with Crippen LogP contribution in [0.1, 0.15) is 39.2 Å². The minimum atomic E-state index is -0.0950. The quantitative estimate of drug-likeness (QED) is 0.610. The van der Waals surface area contributed by atoms with Crippen LogP contribution in [0.3, 0.4) is 0 Å². The highest BCUT2D eigenvalue weighted by Crippen LogP contribution is 2.39. The number of ketones is 1. The Labute approximate surface area is 120 Å². The molecule has 0 radical (unpaired) electrons. The summed E-state index contributed by atoms with van der Waals surface area (Å²) in [5.41, 5.74) is 4.13. The van der Waals surface area contributed by atoms with E-state index in [1.807, 2.05) is 0 Å². The maximum atomic E-state index is 11.7. The van der Waals surface area contributed by atoms with Gasteiger partial charge in [0.15, 0.2) is 11.5 Å². The van der Waals surface area contributed by atoms with Gasteiger partial charge in [-0.15, -0.1) is 0 Å². The van der Waals surface area contributed by atoms with Crippen molar-refractivity contribution in [3.63, 3.8) is 0 Å². The molecular weight excluding hydrogens is 250 g/mol. The first-order valence-corrected chi connectivity index (χ1v) is 7.37. The Hall–Kier alpha value is -1.48. The number of hydrogen-bond donors (Lipinski definition) is 0. The summed E-state index contributed by atoms with van der Waals surface area (Å²) in [5.74, 6) is 0.259. The lowest BCUT2D eigenvalue weighted by atomic mass is 9.82. The lowest BCUT2D eigenvalue weighted by Crippen LogP contribution is -2.26. The Balaban J connectivity index is 1.74. The number of fused-ring (bicyclic) bond motifs is 1. The summed E-state index contributed by atoms with van der Waals surface area (Å²) < 4.78 is 7.41. The number of para-hydroxylation sites is 1. The summed E-state index contributed by atoms with van der Waals surface area (Å²) in [4.78, 5) is 11.7. The predicted molar refractivity (Wildman–Crippen MR) is 78.9 cm³/mol. The van der Waals surface area contributed by atoms with Crippen LogP contribution in [0.25, 0.3) is 0 Å². The average molecular weight is 272 g/mol. The van der Waals surface area contributed by atoms with E-state index >= 15 is 0 Å². The lowest BCUT2D eigenvalue weighted by molar-refractivity contribution is -0.439. The highest BCUT2D eigenvalue weighted by molar-refractivity contribution is 5.93. The molecule has 3 heteroatoms. The van der Waals surface area contributed by atoms with Crippen LogP contribution in [0.5, 0.6) is 0 Å². The Kier molecular flexibility index (Phi) is 3.25. The van der Waals surface area contributed by atoms with E-state index in [2.05, 4.69) is 49.6 Å². The van der Waals surface area contributed by atoms with E-state index in [1.54, 1.807) is 0 Å². The van der Waals surface area contributed by atoms with Gasteiger partial charge in [0.25, 0.3) is 0 Å². The van der Waals surface area contributed by atoms with Crippen molar-refractivity contribution >= 4 is 17.2 Å². The number of nitrogens with zero attached hydrogens (tertiary/aromatic N) is 1. The van der Waals surface area contributed by atoms with Crippen LogP contribution in [0, 0.1) is 0 Å². The van der Waals surface area contributed by atoms with Crippen LogP contribution >= 0.6 is 0 Å². The maximum Gasteiger partial charge on any atom is 0.209 e. The van der Waals surface area contributed by atoms with Gasteiger partial charge in [0.2, 0.25) is 5.69 Å². The third kappa shape index (κ3) is 2.20. The van der Waals surface area contributed by atoms with E-state index in [0.29, 0.717) is 13.0 Å². The number of rotatable bonds is 5. The fraction of sp³-hybridized carbons (Fsp3) is 0.529. The van der Waals surface area contributed by atoms with Gasteiger partial charge < -0.3 is 4.74 Å². The molecule has 20 heavy (non-hydrogen) atoms. The largest absolute Gasteiger partial charge is 0.365 e. The molecule has 0 N–H and O–H groups in total. The van der Waals surface area contributed by atoms with Gasteiger partial charge in [-0.2, -0.15) is 4.58 Å². The van der Waals surface area contributed by atoms with Crippen molar-refractivity contribution < 1.29 is 14.1 Å². The molecule has 2 aliphatic rings. The first-order chi connectivity index (χ1) is 9.51. The summed E-state index contributed by atoms with van der Waals surface area (Å²) in [6.45, 7) is 8.27. The van der Waals surface area contributed by atoms with Gasteiger partial charge in [0.1, 0.15) is 12.6 Å². The van der Waals surface area contributed by atoms with Gasteiger partial charge in [0.05, 0.1) is 12.0 Å². The Bertz CT molecular complexity index is 582. The van der Waals surface area contributed by atoms with Crippen LogP contribution < -0.4 is 0 Å². The van der Waals surface area contributed by atoms with Crippen molar-refractivity contribution in [1.29, 1.82) is 0 Å². The van der Waals surface area contributed by atoms with Crippen molar-refractivity contribution in [1.82, 2.24) is 0 Å². The van der Waals surface area contributed by atoms with Gasteiger partial charge in [-0.25, -0.2) is 0 Å². The highest BCUT2D eigenvalue weighted by Gasteiger charge is 2.42. The summed E-state index contributed by atoms with van der Waals surface area (Å²) in [6.07, 6.45) is 1.42. The van der Waals surface area contributed by atoms with Gasteiger partial charge in [-0.3, -0.25) is 4.79 Å². The number of carbonyl (C=O) groups excluding carboxylic acids is 1. The Morgan fingerprint density at radius 1 is 1.40 bits per heavy atom. The van der Waals surface area contributed by atoms with E-state index in [0.717, 1.165) is 13.0 Å². The molecule has 1 saturated heterocycles. The zero-order valence-electron chi connectivity index (χ0n) is 12.5. The van der Waals surface area contributed by atoms with E-state index in [9.17, 15) is 4.79 Å². The van der Waals surface area contributed by atoms with Crippen LogP contribution in [0.15, 0.2) is 24.3 Å². The van der Waals surface area contributed by atoms with Gasteiger partial charge in [0, 0.05) is 31.4 Å². The minimum Gasteiger partial charge on any atom is -0.365 e. The molecule has 3 rings (SSSR count). The molecule has 0 amide bonds. The normalized spacial score (nSPS) is 22.9. The van der Waals surface area contributed by atoms with E-state index in [-0.39, 0.29) is 17.3 Å². The van der Waals surface area contributed by atoms with E-state index in [4.69, 9.17) is 4.74 Å². The first-order valence-electron chi connectivity index (χ1n) is 7.37. The molecule has 1 aromatic carbocycles. The fourth-order valence-electron chi connectivity index (χ4n) is 3.05. The second-order valence-corrected chi connectivity index (χ2v) is 6.27. The molecule has 0 bridgehead atoms. The maximum absolute atomic E-state index is 11.7. The van der Waals surface area contributed by atoms with Crippen molar-refractivity contribution in [2.75, 3.05) is 13.2 Å². The standard InChI is InChI=1S/C17H22NO2/c1-12-17(2,3)13-7-4-5-8-14(13)18(12)10-6-9-15(19)16-11-20-16/h4-5,7-8,16H,6,9-11H2,1-3H3/q+1. The predicted octanol–water partition coefficient (Wildman–Crippen LogP) is 2.83. The van der Waals surface area contributed by atoms with Gasteiger partial charge >= 0.3 is 0 Å². The van der Waals surface area contributed by atoms with Crippen LogP contribution in [0.4, 0.5) is 5.69 Å². The summed E-state index contributed by atoms with van der Waals surface area (Å²) >= 11 is 0. The van der Waals surface area contributed by atoms with Gasteiger partial charge in [-0.1, -0.05) is 18.2 Å². The number of hydrogen-bond acceptors (Lipinski definition) is 2. The van der Waals surface area contributed by atoms with Crippen LogP contribution in [0.2, 0.25) is 0 Å². The molecule has 0 saturated carbocycles. The minimum absolute atomic E-state index is 0.0835. The highest BCUT2D eigenvalue weighted by atomic mass is 16.6. The molecule has 2 heterocycles. The zero-order chi connectivity index (χ0) is 14.3. The average Bonchev–Trinajstić information content (AvgIpc) is 3.24. The third-order valence-corrected chi connectivity index (χ3v) is 4.67. The summed E-state index contributed by atoms with van der Waals surface area (Å²) in [6, 6.07) is 8.58. The number of epoxide rings is 1. The summed E-state index contributed by atoms with van der Waals surface area (Å²) in [5, 5.41) is 0. The Morgan fingerprint density at radius 3 is 2.80 bits per heavy atom. The van der Waals surface area contributed by atoms with Gasteiger partial charge in [-0.05, 0) is 13.8 Å². The Morgan fingerprint density at radius 2 is 2.10 bits per heavy atom. The van der Waals surface area contributed by atoms with E-state index in [1.165, 1.54) is 17.0 Å². The molecule has 1 aromatic rings. The first kappa shape index (κ1) is 13.5. The SMILES string of the molecule is CC1=[N+](CCCC(=O)C2CO2)c2ccccc2C1(C)C. The number of benzene rings is 1. The van der Waals surface area contributed by atoms with Crippen LogP contribution in [-0.2, 0) is 14.9 Å². The molecule has 0 aliphatic carbocycles. The van der Waals surface area contributed by atoms with E-state index < -0.39 is 0 Å². The van der Waals surface area contributed by atoms with Crippen molar-refractivity contribution in [2.45, 2.75) is 45.1 Å².